The van der Waals surface area contributed by atoms with E-state index in [1.165, 1.54) is 12.1 Å². The molecule has 1 aromatic carbocycles. The molecule has 0 aliphatic heterocycles. The first kappa shape index (κ1) is 15.9. The Kier molecular flexibility index (Phi) is 5.46. The van der Waals surface area contributed by atoms with Crippen LogP contribution < -0.4 is 4.74 Å². The highest BCUT2D eigenvalue weighted by Gasteiger charge is 2.16. The lowest BCUT2D eigenvalue weighted by atomic mass is 10.2. The van der Waals surface area contributed by atoms with Crippen LogP contribution in [0.15, 0.2) is 18.2 Å². The molecule has 1 rings (SSSR count). The lowest BCUT2D eigenvalue weighted by Gasteiger charge is -2.07. The molecule has 0 amide bonds. The van der Waals surface area contributed by atoms with E-state index in [4.69, 9.17) is 10.00 Å². The van der Waals surface area contributed by atoms with Crippen LogP contribution >= 0.6 is 0 Å². The number of rotatable bonds is 7. The van der Waals surface area contributed by atoms with Crippen molar-refractivity contribution in [3.8, 4) is 11.8 Å². The third-order valence-corrected chi connectivity index (χ3v) is 4.37. The monoisotopic (exact) mass is 298 g/mol. The molecule has 8 heteroatoms. The second-order valence-electron chi connectivity index (χ2n) is 3.99. The lowest BCUT2D eigenvalue weighted by Crippen LogP contribution is -2.12. The fourth-order valence-electron chi connectivity index (χ4n) is 1.46. The van der Waals surface area contributed by atoms with Gasteiger partial charge in [0.25, 0.3) is 0 Å². The standard InChI is InChI=1S/C12H14N2O5S/c1-2-20(17,18)7-3-6-19-12-5-4-10(9-13)8-11(12)14(15)16/h4-5,8H,2-3,6-7H2,1H3. The highest BCUT2D eigenvalue weighted by atomic mass is 32.2. The summed E-state index contributed by atoms with van der Waals surface area (Å²) in [6.07, 6.45) is 0.257. The van der Waals surface area contributed by atoms with E-state index < -0.39 is 14.8 Å². The fourth-order valence-corrected chi connectivity index (χ4v) is 2.30. The van der Waals surface area contributed by atoms with Gasteiger partial charge >= 0.3 is 5.69 Å². The van der Waals surface area contributed by atoms with Crippen molar-refractivity contribution in [3.05, 3.63) is 33.9 Å². The molecule has 0 saturated heterocycles. The van der Waals surface area contributed by atoms with Gasteiger partial charge in [0.05, 0.1) is 28.9 Å². The Hall–Kier alpha value is -2.14. The molecule has 0 saturated carbocycles. The first-order chi connectivity index (χ1) is 9.39. The van der Waals surface area contributed by atoms with E-state index in [-0.39, 0.29) is 41.5 Å². The van der Waals surface area contributed by atoms with Gasteiger partial charge in [-0.2, -0.15) is 5.26 Å². The van der Waals surface area contributed by atoms with E-state index in [2.05, 4.69) is 0 Å². The summed E-state index contributed by atoms with van der Waals surface area (Å²) in [6.45, 7) is 1.62. The third kappa shape index (κ3) is 4.51. The van der Waals surface area contributed by atoms with Crippen molar-refractivity contribution in [1.82, 2.24) is 0 Å². The van der Waals surface area contributed by atoms with Crippen molar-refractivity contribution in [2.45, 2.75) is 13.3 Å². The molecule has 108 valence electrons. The van der Waals surface area contributed by atoms with E-state index in [9.17, 15) is 18.5 Å². The number of nitriles is 1. The predicted molar refractivity (Wildman–Crippen MR) is 72.3 cm³/mol. The topological polar surface area (TPSA) is 110 Å². The molecule has 0 aliphatic rings. The highest BCUT2D eigenvalue weighted by Crippen LogP contribution is 2.27. The molecule has 1 aromatic rings. The van der Waals surface area contributed by atoms with Crippen molar-refractivity contribution >= 4 is 15.5 Å². The number of ether oxygens (including phenoxy) is 1. The minimum absolute atomic E-state index is 0.0203. The Morgan fingerprint density at radius 2 is 2.15 bits per heavy atom. The summed E-state index contributed by atoms with van der Waals surface area (Å²) in [6, 6.07) is 5.67. The second-order valence-corrected chi connectivity index (χ2v) is 6.46. The van der Waals surface area contributed by atoms with Gasteiger partial charge < -0.3 is 4.74 Å². The number of hydrogen-bond acceptors (Lipinski definition) is 6. The average Bonchev–Trinajstić information content (AvgIpc) is 2.43. The fraction of sp³-hybridized carbons (Fsp3) is 0.417. The van der Waals surface area contributed by atoms with Gasteiger partial charge in [-0.05, 0) is 18.6 Å². The molecule has 0 bridgehead atoms. The summed E-state index contributed by atoms with van der Waals surface area (Å²) in [7, 11) is -3.07. The van der Waals surface area contributed by atoms with Crippen LogP contribution in [0, 0.1) is 21.4 Å². The van der Waals surface area contributed by atoms with Crippen LogP contribution in [0.4, 0.5) is 5.69 Å². The van der Waals surface area contributed by atoms with Crippen LogP contribution in [0.2, 0.25) is 0 Å². The molecule has 0 unspecified atom stereocenters. The Bertz CT molecular complexity index is 634. The van der Waals surface area contributed by atoms with E-state index in [1.807, 2.05) is 0 Å². The Labute approximate surface area is 116 Å². The Morgan fingerprint density at radius 1 is 1.45 bits per heavy atom. The molecule has 0 aromatic heterocycles. The van der Waals surface area contributed by atoms with Crippen LogP contribution in [-0.4, -0.2) is 31.5 Å². The Morgan fingerprint density at radius 3 is 2.70 bits per heavy atom. The van der Waals surface area contributed by atoms with Gasteiger partial charge in [0.15, 0.2) is 5.75 Å². The van der Waals surface area contributed by atoms with E-state index in [1.54, 1.807) is 13.0 Å². The van der Waals surface area contributed by atoms with Gasteiger partial charge in [-0.25, -0.2) is 8.42 Å². The van der Waals surface area contributed by atoms with E-state index in [0.29, 0.717) is 0 Å². The number of nitro benzene ring substituents is 1. The number of nitro groups is 1. The number of hydrogen-bond donors (Lipinski definition) is 0. The highest BCUT2D eigenvalue weighted by molar-refractivity contribution is 7.91. The first-order valence-corrected chi connectivity index (χ1v) is 7.73. The number of nitrogens with zero attached hydrogens (tertiary/aromatic N) is 2. The second kappa shape index (κ2) is 6.86. The maximum Gasteiger partial charge on any atom is 0.312 e. The maximum absolute atomic E-state index is 11.3. The summed E-state index contributed by atoms with van der Waals surface area (Å²) in [4.78, 5) is 10.2. The molecular weight excluding hydrogens is 284 g/mol. The van der Waals surface area contributed by atoms with Gasteiger partial charge in [-0.3, -0.25) is 10.1 Å². The maximum atomic E-state index is 11.3. The molecule has 0 heterocycles. The average molecular weight is 298 g/mol. The van der Waals surface area contributed by atoms with Gasteiger partial charge in [-0.1, -0.05) is 6.92 Å². The first-order valence-electron chi connectivity index (χ1n) is 5.91. The quantitative estimate of drug-likeness (QED) is 0.430. The molecule has 0 atom stereocenters. The van der Waals surface area contributed by atoms with Gasteiger partial charge in [0.2, 0.25) is 0 Å². The largest absolute Gasteiger partial charge is 0.487 e. The smallest absolute Gasteiger partial charge is 0.312 e. The summed E-state index contributed by atoms with van der Waals surface area (Å²) < 4.78 is 27.8. The van der Waals surface area contributed by atoms with Gasteiger partial charge in [-0.15, -0.1) is 0 Å². The van der Waals surface area contributed by atoms with Crippen molar-refractivity contribution in [3.63, 3.8) is 0 Å². The minimum Gasteiger partial charge on any atom is -0.487 e. The molecule has 7 nitrogen and oxygen atoms in total. The SMILES string of the molecule is CCS(=O)(=O)CCCOc1ccc(C#N)cc1[N+](=O)[O-]. The van der Waals surface area contributed by atoms with Crippen molar-refractivity contribution in [2.75, 3.05) is 18.1 Å². The summed E-state index contributed by atoms with van der Waals surface area (Å²) in [5.74, 6) is 0.0697. The molecule has 0 spiro atoms. The van der Waals surface area contributed by atoms with Crippen LogP contribution in [-0.2, 0) is 9.84 Å². The number of sulfone groups is 1. The summed E-state index contributed by atoms with van der Waals surface area (Å²) in [5.41, 5.74) is -0.139. The van der Waals surface area contributed by atoms with E-state index in [0.717, 1.165) is 6.07 Å². The summed E-state index contributed by atoms with van der Waals surface area (Å²) in [5, 5.41) is 19.5. The Balaban J connectivity index is 2.69. The summed E-state index contributed by atoms with van der Waals surface area (Å²) >= 11 is 0. The van der Waals surface area contributed by atoms with Gasteiger partial charge in [0, 0.05) is 11.8 Å². The molecular formula is C12H14N2O5S. The minimum atomic E-state index is -3.07. The van der Waals surface area contributed by atoms with Crippen molar-refractivity contribution < 1.29 is 18.1 Å². The van der Waals surface area contributed by atoms with Crippen LogP contribution in [0.5, 0.6) is 5.75 Å². The number of benzene rings is 1. The normalized spacial score (nSPS) is 10.8. The lowest BCUT2D eigenvalue weighted by molar-refractivity contribution is -0.385. The molecule has 0 N–H and O–H groups in total. The van der Waals surface area contributed by atoms with Crippen LogP contribution in [0.25, 0.3) is 0 Å². The molecule has 0 aliphatic carbocycles. The molecule has 0 fully saturated rings. The van der Waals surface area contributed by atoms with Crippen molar-refractivity contribution in [1.29, 1.82) is 5.26 Å². The van der Waals surface area contributed by atoms with Crippen LogP contribution in [0.1, 0.15) is 18.9 Å². The van der Waals surface area contributed by atoms with Gasteiger partial charge in [0.1, 0.15) is 9.84 Å². The predicted octanol–water partition coefficient (Wildman–Crippen LogP) is 1.67. The van der Waals surface area contributed by atoms with Crippen LogP contribution in [0.3, 0.4) is 0 Å². The third-order valence-electron chi connectivity index (χ3n) is 2.58. The van der Waals surface area contributed by atoms with Crippen molar-refractivity contribution in [2.24, 2.45) is 0 Å². The van der Waals surface area contributed by atoms with E-state index >= 15 is 0 Å². The zero-order valence-corrected chi connectivity index (χ0v) is 11.7. The molecule has 20 heavy (non-hydrogen) atoms. The zero-order chi connectivity index (χ0) is 15.2. The zero-order valence-electron chi connectivity index (χ0n) is 10.9. The molecule has 0 radical (unpaired) electrons.